The molecule has 1 N–H and O–H groups in total. The van der Waals surface area contributed by atoms with Crippen molar-refractivity contribution in [3.8, 4) is 6.07 Å². The van der Waals surface area contributed by atoms with Gasteiger partial charge in [-0.25, -0.2) is 4.79 Å². The summed E-state index contributed by atoms with van der Waals surface area (Å²) < 4.78 is 5.00. The van der Waals surface area contributed by atoms with Crippen LogP contribution in [0.4, 0.5) is 0 Å². The number of hydrogen-bond acceptors (Lipinski definition) is 4. The molecule has 1 amide bonds. The zero-order chi connectivity index (χ0) is 12.6. The van der Waals surface area contributed by atoms with Gasteiger partial charge in [0.1, 0.15) is 12.5 Å². The van der Waals surface area contributed by atoms with Crippen LogP contribution in [0.2, 0.25) is 0 Å². The minimum Gasteiger partial charge on any atom is -0.464 e. The molecule has 0 heterocycles. The van der Waals surface area contributed by atoms with E-state index in [-0.39, 0.29) is 12.3 Å². The largest absolute Gasteiger partial charge is 0.464 e. The molecule has 0 aromatic heterocycles. The lowest BCUT2D eigenvalue weighted by molar-refractivity contribution is -0.148. The van der Waals surface area contributed by atoms with Crippen LogP contribution in [-0.4, -0.2) is 24.5 Å². The molecule has 5 nitrogen and oxygen atoms in total. The predicted molar refractivity (Wildman–Crippen MR) is 58.2 cm³/mol. The Kier molecular flexibility index (Phi) is 6.93. The van der Waals surface area contributed by atoms with Gasteiger partial charge in [-0.05, 0) is 12.3 Å². The normalized spacial score (nSPS) is 11.7. The van der Waals surface area contributed by atoms with Crippen LogP contribution in [0.25, 0.3) is 0 Å². The molecule has 0 rings (SSSR count). The highest BCUT2D eigenvalue weighted by Crippen LogP contribution is 1.99. The molecule has 0 aliphatic carbocycles. The van der Waals surface area contributed by atoms with Crippen LogP contribution in [0.1, 0.15) is 33.6 Å². The maximum Gasteiger partial charge on any atom is 0.328 e. The van der Waals surface area contributed by atoms with Crippen molar-refractivity contribution in [3.63, 3.8) is 0 Å². The summed E-state index contributed by atoms with van der Waals surface area (Å²) in [7, 11) is 0. The van der Waals surface area contributed by atoms with Crippen LogP contribution in [0.5, 0.6) is 0 Å². The maximum atomic E-state index is 11.5. The third-order valence-electron chi connectivity index (χ3n) is 1.83. The summed E-state index contributed by atoms with van der Waals surface area (Å²) in [5.74, 6) is -0.630. The molecule has 0 saturated heterocycles. The standard InChI is InChI=1S/C11H18N2O3/c1-4-9(13-10(14)5-6-12)11(15)16-7-8(2)3/h8-9H,4-5,7H2,1-3H3,(H,13,14). The van der Waals surface area contributed by atoms with Crippen LogP contribution < -0.4 is 5.32 Å². The quantitative estimate of drug-likeness (QED) is 0.685. The van der Waals surface area contributed by atoms with Gasteiger partial charge in [0.15, 0.2) is 0 Å². The van der Waals surface area contributed by atoms with Gasteiger partial charge in [-0.3, -0.25) is 4.79 Å². The van der Waals surface area contributed by atoms with Gasteiger partial charge in [-0.1, -0.05) is 20.8 Å². The number of carbonyl (C=O) groups excluding carboxylic acids is 2. The highest BCUT2D eigenvalue weighted by Gasteiger charge is 2.20. The average molecular weight is 226 g/mol. The number of esters is 1. The third-order valence-corrected chi connectivity index (χ3v) is 1.83. The number of amides is 1. The van der Waals surface area contributed by atoms with E-state index in [4.69, 9.17) is 10.00 Å². The van der Waals surface area contributed by atoms with Crippen LogP contribution in [0.15, 0.2) is 0 Å². The summed E-state index contributed by atoms with van der Waals surface area (Å²) in [6, 6.07) is 1.07. The smallest absolute Gasteiger partial charge is 0.328 e. The summed E-state index contributed by atoms with van der Waals surface area (Å²) in [6.45, 7) is 5.97. The molecule has 0 fully saturated rings. The minimum absolute atomic E-state index is 0.242. The zero-order valence-corrected chi connectivity index (χ0v) is 9.95. The fourth-order valence-corrected chi connectivity index (χ4v) is 0.994. The molecule has 16 heavy (non-hydrogen) atoms. The average Bonchev–Trinajstić information content (AvgIpc) is 2.22. The van der Waals surface area contributed by atoms with Gasteiger partial charge < -0.3 is 10.1 Å². The summed E-state index contributed by atoms with van der Waals surface area (Å²) in [6.07, 6.45) is 0.210. The van der Waals surface area contributed by atoms with Crippen molar-refractivity contribution in [1.29, 1.82) is 5.26 Å². The fraction of sp³-hybridized carbons (Fsp3) is 0.727. The zero-order valence-electron chi connectivity index (χ0n) is 9.95. The Bertz CT molecular complexity index is 281. The second-order valence-corrected chi connectivity index (χ2v) is 3.89. The molecule has 0 spiro atoms. The van der Waals surface area contributed by atoms with Crippen molar-refractivity contribution in [2.45, 2.75) is 39.7 Å². The highest BCUT2D eigenvalue weighted by molar-refractivity contribution is 5.85. The lowest BCUT2D eigenvalue weighted by Gasteiger charge is -2.16. The molecule has 90 valence electrons. The Labute approximate surface area is 95.8 Å². The Morgan fingerprint density at radius 2 is 2.06 bits per heavy atom. The first-order valence-electron chi connectivity index (χ1n) is 5.34. The van der Waals surface area contributed by atoms with Crippen LogP contribution in [0, 0.1) is 17.2 Å². The first-order chi connectivity index (χ1) is 7.51. The van der Waals surface area contributed by atoms with Gasteiger partial charge in [0.25, 0.3) is 0 Å². The molecule has 0 bridgehead atoms. The molecule has 0 saturated carbocycles. The van der Waals surface area contributed by atoms with Crippen molar-refractivity contribution >= 4 is 11.9 Å². The number of hydrogen-bond donors (Lipinski definition) is 1. The van der Waals surface area contributed by atoms with E-state index in [9.17, 15) is 9.59 Å². The van der Waals surface area contributed by atoms with Crippen LogP contribution in [-0.2, 0) is 14.3 Å². The van der Waals surface area contributed by atoms with Crippen molar-refractivity contribution in [3.05, 3.63) is 0 Å². The Hall–Kier alpha value is -1.57. The molecular weight excluding hydrogens is 208 g/mol. The molecule has 0 aromatic carbocycles. The van der Waals surface area contributed by atoms with Crippen molar-refractivity contribution < 1.29 is 14.3 Å². The minimum atomic E-state index is -0.653. The number of nitrogens with one attached hydrogen (secondary N) is 1. The van der Waals surface area contributed by atoms with Crippen molar-refractivity contribution in [2.75, 3.05) is 6.61 Å². The van der Waals surface area contributed by atoms with Gasteiger partial charge in [0, 0.05) is 0 Å². The van der Waals surface area contributed by atoms with Gasteiger partial charge in [0.05, 0.1) is 12.7 Å². The van der Waals surface area contributed by atoms with Crippen molar-refractivity contribution in [1.82, 2.24) is 5.32 Å². The fourth-order valence-electron chi connectivity index (χ4n) is 0.994. The lowest BCUT2D eigenvalue weighted by Crippen LogP contribution is -2.41. The predicted octanol–water partition coefficient (Wildman–Crippen LogP) is 0.994. The molecule has 1 unspecified atom stereocenters. The summed E-state index contributed by atoms with van der Waals surface area (Å²) in [4.78, 5) is 22.6. The van der Waals surface area contributed by atoms with E-state index in [1.54, 1.807) is 13.0 Å². The number of ether oxygens (including phenoxy) is 1. The SMILES string of the molecule is CCC(NC(=O)CC#N)C(=O)OCC(C)C. The van der Waals surface area contributed by atoms with E-state index in [1.807, 2.05) is 13.8 Å². The van der Waals surface area contributed by atoms with E-state index in [0.717, 1.165) is 0 Å². The summed E-state index contributed by atoms with van der Waals surface area (Å²) in [5, 5.41) is 10.8. The topological polar surface area (TPSA) is 79.2 Å². The molecule has 5 heteroatoms. The van der Waals surface area contributed by atoms with Crippen LogP contribution in [0.3, 0.4) is 0 Å². The van der Waals surface area contributed by atoms with Crippen molar-refractivity contribution in [2.24, 2.45) is 5.92 Å². The first-order valence-corrected chi connectivity index (χ1v) is 5.34. The second kappa shape index (κ2) is 7.69. The first kappa shape index (κ1) is 14.4. The lowest BCUT2D eigenvalue weighted by atomic mass is 10.2. The number of rotatable bonds is 6. The van der Waals surface area contributed by atoms with E-state index in [1.165, 1.54) is 0 Å². The molecule has 0 radical (unpaired) electrons. The molecule has 0 aliphatic heterocycles. The molecule has 1 atom stereocenters. The highest BCUT2D eigenvalue weighted by atomic mass is 16.5. The van der Waals surface area contributed by atoms with Crippen LogP contribution >= 0.6 is 0 Å². The van der Waals surface area contributed by atoms with Gasteiger partial charge in [-0.15, -0.1) is 0 Å². The Balaban J connectivity index is 4.12. The molecule has 0 aliphatic rings. The number of nitrogens with zero attached hydrogens (tertiary/aromatic N) is 1. The Morgan fingerprint density at radius 3 is 2.50 bits per heavy atom. The van der Waals surface area contributed by atoms with E-state index >= 15 is 0 Å². The van der Waals surface area contributed by atoms with Gasteiger partial charge >= 0.3 is 5.97 Å². The van der Waals surface area contributed by atoms with E-state index in [2.05, 4.69) is 5.32 Å². The summed E-state index contributed by atoms with van der Waals surface area (Å²) in [5.41, 5.74) is 0. The molecular formula is C11H18N2O3. The second-order valence-electron chi connectivity index (χ2n) is 3.89. The maximum absolute atomic E-state index is 11.5. The van der Waals surface area contributed by atoms with Gasteiger partial charge in [0.2, 0.25) is 5.91 Å². The molecule has 0 aromatic rings. The number of carbonyl (C=O) groups is 2. The van der Waals surface area contributed by atoms with E-state index < -0.39 is 17.9 Å². The monoisotopic (exact) mass is 226 g/mol. The third kappa shape index (κ3) is 6.02. The van der Waals surface area contributed by atoms with Gasteiger partial charge in [-0.2, -0.15) is 5.26 Å². The summed E-state index contributed by atoms with van der Waals surface area (Å²) >= 11 is 0. The van der Waals surface area contributed by atoms with E-state index in [0.29, 0.717) is 13.0 Å². The number of nitriles is 1. The Morgan fingerprint density at radius 1 is 1.44 bits per heavy atom.